The van der Waals surface area contributed by atoms with Gasteiger partial charge in [0, 0.05) is 59.9 Å². The van der Waals surface area contributed by atoms with E-state index >= 15 is 0 Å². The second kappa shape index (κ2) is 13.4. The Morgan fingerprint density at radius 3 is 1.48 bits per heavy atom. The van der Waals surface area contributed by atoms with Crippen LogP contribution in [0.2, 0.25) is 0 Å². The quantitative estimate of drug-likeness (QED) is 0.166. The minimum absolute atomic E-state index is 0.574. The summed E-state index contributed by atoms with van der Waals surface area (Å²) in [7, 11) is 0. The van der Waals surface area contributed by atoms with E-state index in [1.54, 1.807) is 0 Å². The van der Waals surface area contributed by atoms with E-state index in [4.69, 9.17) is 0 Å². The maximum atomic E-state index is 2.51. The lowest BCUT2D eigenvalue weighted by molar-refractivity contribution is 0.794. The molecule has 0 unspecified atom stereocenters. The average molecular weight is 785 g/mol. The molecule has 0 saturated carbocycles. The Morgan fingerprint density at radius 2 is 0.883 bits per heavy atom. The van der Waals surface area contributed by atoms with Crippen molar-refractivity contribution in [3.8, 4) is 22.3 Å². The van der Waals surface area contributed by atoms with Gasteiger partial charge in [0.05, 0.1) is 5.41 Å². The number of nitrogens with zero attached hydrogens (tertiary/aromatic N) is 2. The second-order valence-corrected chi connectivity index (χ2v) is 17.2. The minimum Gasteiger partial charge on any atom is -0.310 e. The third-order valence-electron chi connectivity index (χ3n) is 12.9. The summed E-state index contributed by atoms with van der Waals surface area (Å²) in [6.07, 6.45) is 0. The van der Waals surface area contributed by atoms with Crippen LogP contribution in [0.4, 0.5) is 34.1 Å². The van der Waals surface area contributed by atoms with Gasteiger partial charge in [-0.05, 0) is 131 Å². The van der Waals surface area contributed by atoms with E-state index in [-0.39, 0.29) is 0 Å². The SMILES string of the molecule is Cc1ccccc1N(c1ccccc1)c1ccc2c(c1)C1(c3cc(N(c4ccccc4)c4ccccc4C)ccc3-2)c2ccccc2-c2c1ccc1c2sc2ccccc21. The molecule has 1 aromatic heterocycles. The van der Waals surface area contributed by atoms with Crippen molar-refractivity contribution < 1.29 is 0 Å². The molecule has 0 aliphatic heterocycles. The van der Waals surface area contributed by atoms with Gasteiger partial charge in [0.25, 0.3) is 0 Å². The van der Waals surface area contributed by atoms with Crippen molar-refractivity contribution in [1.29, 1.82) is 0 Å². The lowest BCUT2D eigenvalue weighted by Crippen LogP contribution is -2.26. The fraction of sp³-hybridized carbons (Fsp3) is 0.0526. The summed E-state index contributed by atoms with van der Waals surface area (Å²) >= 11 is 1.93. The number of hydrogen-bond donors (Lipinski definition) is 0. The van der Waals surface area contributed by atoms with E-state index in [0.717, 1.165) is 22.7 Å². The molecule has 12 rings (SSSR count). The topological polar surface area (TPSA) is 6.48 Å². The van der Waals surface area contributed by atoms with Crippen LogP contribution < -0.4 is 9.80 Å². The summed E-state index contributed by atoms with van der Waals surface area (Å²) in [6, 6.07) is 76.5. The monoisotopic (exact) mass is 784 g/mol. The molecule has 0 saturated heterocycles. The van der Waals surface area contributed by atoms with Crippen molar-refractivity contribution in [2.75, 3.05) is 9.80 Å². The van der Waals surface area contributed by atoms with Gasteiger partial charge in [0.15, 0.2) is 0 Å². The number of thiophene rings is 1. The normalized spacial score (nSPS) is 13.0. The fourth-order valence-corrected chi connectivity index (χ4v) is 11.6. The first-order valence-electron chi connectivity index (χ1n) is 20.8. The van der Waals surface area contributed by atoms with Gasteiger partial charge in [0.1, 0.15) is 0 Å². The number of anilines is 6. The van der Waals surface area contributed by atoms with Gasteiger partial charge < -0.3 is 9.80 Å². The predicted molar refractivity (Wildman–Crippen MR) is 254 cm³/mol. The summed E-state index contributed by atoms with van der Waals surface area (Å²) in [4.78, 5) is 4.87. The van der Waals surface area contributed by atoms with Gasteiger partial charge >= 0.3 is 0 Å². The van der Waals surface area contributed by atoms with E-state index in [9.17, 15) is 0 Å². The van der Waals surface area contributed by atoms with Gasteiger partial charge in [-0.3, -0.25) is 0 Å². The molecule has 0 atom stereocenters. The van der Waals surface area contributed by atoms with Crippen LogP contribution in [0.15, 0.2) is 206 Å². The Kier molecular flexibility index (Phi) is 7.79. The van der Waals surface area contributed by atoms with Crippen LogP contribution >= 0.6 is 11.3 Å². The van der Waals surface area contributed by atoms with E-state index in [0.29, 0.717) is 0 Å². The third kappa shape index (κ3) is 4.93. The van der Waals surface area contributed by atoms with Crippen LogP contribution in [0, 0.1) is 13.8 Å². The van der Waals surface area contributed by atoms with Crippen molar-refractivity contribution in [3.63, 3.8) is 0 Å². The Morgan fingerprint density at radius 1 is 0.367 bits per heavy atom. The van der Waals surface area contributed by atoms with Crippen LogP contribution in [0.1, 0.15) is 33.4 Å². The van der Waals surface area contributed by atoms with Gasteiger partial charge in [-0.15, -0.1) is 11.3 Å². The average Bonchev–Trinajstić information content (AvgIpc) is 3.92. The summed E-state index contributed by atoms with van der Waals surface area (Å²) in [6.45, 7) is 4.42. The van der Waals surface area contributed by atoms with Crippen LogP contribution in [0.25, 0.3) is 42.4 Å². The number of aryl methyl sites for hydroxylation is 2. The zero-order chi connectivity index (χ0) is 40.0. The summed E-state index contributed by atoms with van der Waals surface area (Å²) in [5.41, 5.74) is 19.3. The lowest BCUT2D eigenvalue weighted by Gasteiger charge is -2.33. The van der Waals surface area contributed by atoms with Crippen LogP contribution in [0.5, 0.6) is 0 Å². The van der Waals surface area contributed by atoms with Crippen LogP contribution in [0.3, 0.4) is 0 Å². The first kappa shape index (κ1) is 34.8. The highest BCUT2D eigenvalue weighted by Crippen LogP contribution is 2.65. The molecular formula is C57H40N2S. The Labute approximate surface area is 354 Å². The molecule has 1 spiro atoms. The molecule has 0 N–H and O–H groups in total. The van der Waals surface area contributed by atoms with Gasteiger partial charge in [-0.25, -0.2) is 0 Å². The van der Waals surface area contributed by atoms with Crippen molar-refractivity contribution in [1.82, 2.24) is 0 Å². The van der Waals surface area contributed by atoms with Crippen LogP contribution in [-0.4, -0.2) is 0 Å². The zero-order valence-corrected chi connectivity index (χ0v) is 34.2. The minimum atomic E-state index is -0.574. The van der Waals surface area contributed by atoms with Gasteiger partial charge in [-0.2, -0.15) is 0 Å². The fourth-order valence-electron chi connectivity index (χ4n) is 10.3. The number of fused-ring (bicyclic) bond motifs is 14. The molecule has 60 heavy (non-hydrogen) atoms. The molecule has 0 bridgehead atoms. The molecule has 10 aromatic rings. The van der Waals surface area contributed by atoms with E-state index in [2.05, 4.69) is 230 Å². The molecule has 0 amide bonds. The Balaban J connectivity index is 1.19. The smallest absolute Gasteiger partial charge is 0.0727 e. The number of hydrogen-bond acceptors (Lipinski definition) is 3. The van der Waals surface area contributed by atoms with Gasteiger partial charge in [-0.1, -0.05) is 140 Å². The highest BCUT2D eigenvalue weighted by atomic mass is 32.1. The number of para-hydroxylation sites is 4. The Hall–Kier alpha value is -7.20. The Bertz CT molecular complexity index is 3170. The first-order chi connectivity index (χ1) is 29.6. The number of benzene rings is 9. The van der Waals surface area contributed by atoms with Crippen molar-refractivity contribution in [2.24, 2.45) is 0 Å². The molecule has 9 aromatic carbocycles. The standard InChI is InChI=1S/C57H40N2S/c1-37-17-9-14-26-52(37)58(39-19-5-3-6-20-39)41-29-31-43-44-32-30-42(59(40-21-7-4-8-22-40)53-27-15-10-18-38(53)2)36-51(44)57(50(43)35-41)48-25-13-11-24-47(48)55-49(57)34-33-46-45-23-12-16-28-54(45)60-56(46)55/h3-36H,1-2H3. The zero-order valence-electron chi connectivity index (χ0n) is 33.4. The van der Waals surface area contributed by atoms with E-state index in [1.807, 2.05) is 11.3 Å². The first-order valence-corrected chi connectivity index (χ1v) is 21.6. The lowest BCUT2D eigenvalue weighted by atomic mass is 9.70. The van der Waals surface area contributed by atoms with E-state index in [1.165, 1.54) is 87.2 Å². The maximum Gasteiger partial charge on any atom is 0.0727 e. The molecule has 284 valence electrons. The molecule has 2 nitrogen and oxygen atoms in total. The molecule has 3 heteroatoms. The predicted octanol–water partition coefficient (Wildman–Crippen LogP) is 16.0. The van der Waals surface area contributed by atoms with Crippen molar-refractivity contribution in [3.05, 3.63) is 240 Å². The molecule has 2 aliphatic rings. The second-order valence-electron chi connectivity index (χ2n) is 16.1. The van der Waals surface area contributed by atoms with Gasteiger partial charge in [0.2, 0.25) is 0 Å². The molecule has 1 heterocycles. The molecular weight excluding hydrogens is 745 g/mol. The molecule has 0 fully saturated rings. The van der Waals surface area contributed by atoms with Crippen molar-refractivity contribution >= 4 is 65.6 Å². The summed E-state index contributed by atoms with van der Waals surface area (Å²) in [5.74, 6) is 0. The number of rotatable bonds is 6. The highest BCUT2D eigenvalue weighted by Gasteiger charge is 2.53. The third-order valence-corrected chi connectivity index (χ3v) is 14.1. The maximum absolute atomic E-state index is 2.51. The largest absolute Gasteiger partial charge is 0.310 e. The summed E-state index contributed by atoms with van der Waals surface area (Å²) in [5, 5.41) is 2.65. The van der Waals surface area contributed by atoms with Crippen LogP contribution in [-0.2, 0) is 5.41 Å². The summed E-state index contributed by atoms with van der Waals surface area (Å²) < 4.78 is 2.68. The highest BCUT2D eigenvalue weighted by molar-refractivity contribution is 7.26. The van der Waals surface area contributed by atoms with Crippen molar-refractivity contribution in [2.45, 2.75) is 19.3 Å². The van der Waals surface area contributed by atoms with E-state index < -0.39 is 5.41 Å². The molecule has 0 radical (unpaired) electrons. The molecule has 2 aliphatic carbocycles.